The van der Waals surface area contributed by atoms with Crippen LogP contribution in [0.5, 0.6) is 0 Å². The summed E-state index contributed by atoms with van der Waals surface area (Å²) < 4.78 is 0.245. The number of anilines is 1. The molecule has 0 radical (unpaired) electrons. The van der Waals surface area contributed by atoms with Crippen molar-refractivity contribution in [2.24, 2.45) is 5.92 Å². The van der Waals surface area contributed by atoms with E-state index in [1.54, 1.807) is 24.3 Å². The van der Waals surface area contributed by atoms with Gasteiger partial charge >= 0.3 is 0 Å². The van der Waals surface area contributed by atoms with Crippen LogP contribution in [0.3, 0.4) is 0 Å². The molecule has 4 nitrogen and oxygen atoms in total. The first-order chi connectivity index (χ1) is 13.0. The summed E-state index contributed by atoms with van der Waals surface area (Å²) in [6, 6.07) is 14.5. The van der Waals surface area contributed by atoms with E-state index in [0.29, 0.717) is 23.4 Å². The van der Waals surface area contributed by atoms with Crippen LogP contribution < -0.4 is 4.90 Å². The predicted octanol–water partition coefficient (Wildman–Crippen LogP) is 4.41. The van der Waals surface area contributed by atoms with Crippen LogP contribution >= 0.6 is 15.9 Å². The fourth-order valence-corrected chi connectivity index (χ4v) is 4.20. The Morgan fingerprint density at radius 2 is 1.56 bits per heavy atom. The van der Waals surface area contributed by atoms with Crippen molar-refractivity contribution >= 4 is 45.0 Å². The molecule has 0 amide bonds. The smallest absolute Gasteiger partial charge is 0.190 e. The second kappa shape index (κ2) is 6.74. The van der Waals surface area contributed by atoms with Crippen molar-refractivity contribution in [3.05, 3.63) is 81.5 Å². The second-order valence-corrected chi connectivity index (χ2v) is 7.20. The summed E-state index contributed by atoms with van der Waals surface area (Å²) in [7, 11) is 0. The van der Waals surface area contributed by atoms with Gasteiger partial charge in [-0.1, -0.05) is 48.5 Å². The molecule has 4 rings (SSSR count). The van der Waals surface area contributed by atoms with Crippen molar-refractivity contribution in [1.82, 2.24) is 0 Å². The summed E-state index contributed by atoms with van der Waals surface area (Å²) in [5, 5.41) is 0. The Labute approximate surface area is 165 Å². The monoisotopic (exact) mass is 421 g/mol. The van der Waals surface area contributed by atoms with Crippen molar-refractivity contribution in [2.45, 2.75) is 6.92 Å². The fraction of sp³-hybridized carbons (Fsp3) is 0.136. The van der Waals surface area contributed by atoms with E-state index in [0.717, 1.165) is 11.3 Å². The number of allylic oxidation sites excluding steroid dienone is 2. The van der Waals surface area contributed by atoms with Crippen LogP contribution in [-0.2, 0) is 4.79 Å². The average Bonchev–Trinajstić information content (AvgIpc) is 2.96. The lowest BCUT2D eigenvalue weighted by molar-refractivity contribution is -0.116. The number of carbonyl (C=O) groups is 3. The van der Waals surface area contributed by atoms with E-state index in [9.17, 15) is 14.4 Å². The first-order valence-electron chi connectivity index (χ1n) is 8.70. The van der Waals surface area contributed by atoms with Gasteiger partial charge in [-0.3, -0.25) is 14.4 Å². The third-order valence-electron chi connectivity index (χ3n) is 4.94. The van der Waals surface area contributed by atoms with E-state index in [1.807, 2.05) is 48.2 Å². The van der Waals surface area contributed by atoms with Crippen LogP contribution in [0.2, 0.25) is 0 Å². The van der Waals surface area contributed by atoms with Gasteiger partial charge in [0.25, 0.3) is 0 Å². The summed E-state index contributed by atoms with van der Waals surface area (Å²) in [6.45, 7) is 2.63. The molecule has 134 valence electrons. The van der Waals surface area contributed by atoms with Crippen LogP contribution in [0, 0.1) is 5.92 Å². The summed E-state index contributed by atoms with van der Waals surface area (Å²) in [4.78, 5) is 40.4. The average molecular weight is 422 g/mol. The summed E-state index contributed by atoms with van der Waals surface area (Å²) in [6.07, 6.45) is 3.77. The highest BCUT2D eigenvalue weighted by Crippen LogP contribution is 2.36. The van der Waals surface area contributed by atoms with Gasteiger partial charge in [-0.15, -0.1) is 0 Å². The quantitative estimate of drug-likeness (QED) is 0.543. The number of nitrogens with zero attached hydrogens (tertiary/aromatic N) is 1. The van der Waals surface area contributed by atoms with Crippen LogP contribution in [0.15, 0.2) is 64.8 Å². The predicted molar refractivity (Wildman–Crippen MR) is 108 cm³/mol. The summed E-state index contributed by atoms with van der Waals surface area (Å²) >= 11 is 3.38. The molecule has 5 heteroatoms. The summed E-state index contributed by atoms with van der Waals surface area (Å²) in [5.74, 6) is -2.67. The van der Waals surface area contributed by atoms with E-state index in [4.69, 9.17) is 0 Å². The van der Waals surface area contributed by atoms with E-state index in [-0.39, 0.29) is 4.48 Å². The molecule has 0 saturated heterocycles. The number of para-hydroxylation sites is 1. The first-order valence-corrected chi connectivity index (χ1v) is 9.50. The molecule has 1 aliphatic carbocycles. The van der Waals surface area contributed by atoms with Crippen LogP contribution in [0.1, 0.15) is 33.2 Å². The maximum absolute atomic E-state index is 13.1. The number of carbonyl (C=O) groups excluding carboxylic acids is 3. The zero-order chi connectivity index (χ0) is 19.1. The maximum Gasteiger partial charge on any atom is 0.190 e. The molecule has 27 heavy (non-hydrogen) atoms. The minimum Gasteiger partial charge on any atom is -0.340 e. The normalized spacial score (nSPS) is 17.8. The number of rotatable bonds is 3. The van der Waals surface area contributed by atoms with Gasteiger partial charge in [0.15, 0.2) is 17.3 Å². The zero-order valence-electron chi connectivity index (χ0n) is 14.6. The standard InChI is InChI=1S/C22H16BrNO3/c1-2-24-16-10-6-3-7-13(16)11-12-17(24)19(23)22(27)18-20(25)14-8-4-5-9-15(14)21(18)26/h3-12,18H,2H2,1H3. The topological polar surface area (TPSA) is 54.5 Å². The van der Waals surface area contributed by atoms with Gasteiger partial charge in [-0.25, -0.2) is 0 Å². The molecule has 0 spiro atoms. The van der Waals surface area contributed by atoms with E-state index in [1.165, 1.54) is 0 Å². The van der Waals surface area contributed by atoms with Crippen molar-refractivity contribution in [3.8, 4) is 0 Å². The molecular weight excluding hydrogens is 406 g/mol. The SMILES string of the molecule is CCN1C(=C(Br)C(=O)C2C(=O)c3ccccc3C2=O)C=Cc2ccccc21. The number of fused-ring (bicyclic) bond motifs is 2. The van der Waals surface area contributed by atoms with Crippen LogP contribution in [0.4, 0.5) is 5.69 Å². The molecular formula is C22H16BrNO3. The van der Waals surface area contributed by atoms with Gasteiger partial charge in [0, 0.05) is 23.4 Å². The molecule has 0 saturated carbocycles. The summed E-state index contributed by atoms with van der Waals surface area (Å²) in [5.41, 5.74) is 3.33. The van der Waals surface area contributed by atoms with Crippen LogP contribution in [0.25, 0.3) is 6.08 Å². The first kappa shape index (κ1) is 17.6. The molecule has 1 aliphatic heterocycles. The molecule has 0 atom stereocenters. The number of ketones is 3. The van der Waals surface area contributed by atoms with E-state index in [2.05, 4.69) is 15.9 Å². The number of likely N-dealkylation sites (N-methyl/N-ethyl adjacent to an activating group) is 1. The molecule has 2 aliphatic rings. The molecule has 2 aromatic carbocycles. The Bertz CT molecular complexity index is 1020. The molecule has 2 aromatic rings. The van der Waals surface area contributed by atoms with Crippen molar-refractivity contribution in [1.29, 1.82) is 0 Å². The fourth-order valence-electron chi connectivity index (χ4n) is 3.63. The van der Waals surface area contributed by atoms with Gasteiger partial charge in [0.05, 0.1) is 10.2 Å². The van der Waals surface area contributed by atoms with Gasteiger partial charge in [0.1, 0.15) is 5.92 Å². The van der Waals surface area contributed by atoms with E-state index >= 15 is 0 Å². The molecule has 0 bridgehead atoms. The second-order valence-electron chi connectivity index (χ2n) is 6.41. The minimum atomic E-state index is -1.31. The number of hydrogen-bond donors (Lipinski definition) is 0. The Morgan fingerprint density at radius 3 is 2.19 bits per heavy atom. The molecule has 1 heterocycles. The highest BCUT2D eigenvalue weighted by Gasteiger charge is 2.44. The Hall–Kier alpha value is -2.79. The Morgan fingerprint density at radius 1 is 0.963 bits per heavy atom. The largest absolute Gasteiger partial charge is 0.340 e. The van der Waals surface area contributed by atoms with Gasteiger partial charge in [-0.2, -0.15) is 0 Å². The van der Waals surface area contributed by atoms with Crippen molar-refractivity contribution < 1.29 is 14.4 Å². The minimum absolute atomic E-state index is 0.245. The molecule has 0 aromatic heterocycles. The van der Waals surface area contributed by atoms with Crippen LogP contribution in [-0.4, -0.2) is 23.9 Å². The lowest BCUT2D eigenvalue weighted by Crippen LogP contribution is -2.30. The third kappa shape index (κ3) is 2.70. The van der Waals surface area contributed by atoms with Gasteiger partial charge in [0.2, 0.25) is 0 Å². The van der Waals surface area contributed by atoms with Gasteiger partial charge in [-0.05, 0) is 40.6 Å². The highest BCUT2D eigenvalue weighted by molar-refractivity contribution is 9.12. The third-order valence-corrected chi connectivity index (χ3v) is 5.74. The molecule has 0 fully saturated rings. The number of benzene rings is 2. The van der Waals surface area contributed by atoms with E-state index < -0.39 is 23.3 Å². The lowest BCUT2D eigenvalue weighted by atomic mass is 9.96. The number of hydrogen-bond acceptors (Lipinski definition) is 4. The maximum atomic E-state index is 13.1. The highest BCUT2D eigenvalue weighted by atomic mass is 79.9. The van der Waals surface area contributed by atoms with Crippen molar-refractivity contribution in [2.75, 3.05) is 11.4 Å². The number of halogens is 1. The molecule has 0 unspecified atom stereocenters. The lowest BCUT2D eigenvalue weighted by Gasteiger charge is -2.30. The Kier molecular flexibility index (Phi) is 4.40. The Balaban J connectivity index is 1.75. The van der Waals surface area contributed by atoms with Crippen molar-refractivity contribution in [3.63, 3.8) is 0 Å². The zero-order valence-corrected chi connectivity index (χ0v) is 16.2. The molecule has 0 N–H and O–H groups in total. The number of Topliss-reactive ketones (excluding diaryl/α,β-unsaturated/α-hetero) is 3. The van der Waals surface area contributed by atoms with Gasteiger partial charge < -0.3 is 4.90 Å².